The lowest BCUT2D eigenvalue weighted by Crippen LogP contribution is -2.34. The van der Waals surface area contributed by atoms with Crippen LogP contribution in [0.15, 0.2) is 24.4 Å². The number of carbonyl (C=O) groups is 2. The Bertz CT molecular complexity index is 767. The molecule has 7 heteroatoms. The van der Waals surface area contributed by atoms with Crippen molar-refractivity contribution in [2.75, 3.05) is 13.1 Å². The van der Waals surface area contributed by atoms with Crippen LogP contribution in [0.4, 0.5) is 0 Å². The van der Waals surface area contributed by atoms with Crippen LogP contribution in [-0.2, 0) is 16.0 Å². The van der Waals surface area contributed by atoms with Gasteiger partial charge < -0.3 is 10.2 Å². The first-order valence-electron chi connectivity index (χ1n) is 8.58. The van der Waals surface area contributed by atoms with E-state index in [2.05, 4.69) is 15.5 Å². The van der Waals surface area contributed by atoms with Crippen molar-refractivity contribution in [1.82, 2.24) is 24.8 Å². The Morgan fingerprint density at radius 3 is 3.00 bits per heavy atom. The van der Waals surface area contributed by atoms with Gasteiger partial charge in [-0.3, -0.25) is 14.0 Å². The van der Waals surface area contributed by atoms with Gasteiger partial charge in [-0.05, 0) is 31.4 Å². The van der Waals surface area contributed by atoms with Crippen LogP contribution < -0.4 is 5.32 Å². The second kappa shape index (κ2) is 6.22. The normalized spacial score (nSPS) is 20.8. The number of hydrogen-bond donors (Lipinski definition) is 1. The Morgan fingerprint density at radius 2 is 2.17 bits per heavy atom. The summed E-state index contributed by atoms with van der Waals surface area (Å²) < 4.78 is 1.96. The second-order valence-corrected chi connectivity index (χ2v) is 6.62. The zero-order valence-electron chi connectivity index (χ0n) is 13.5. The van der Waals surface area contributed by atoms with Crippen LogP contribution >= 0.6 is 0 Å². The molecule has 1 aliphatic heterocycles. The molecule has 3 heterocycles. The third-order valence-electron chi connectivity index (χ3n) is 4.78. The number of nitrogens with one attached hydrogen (secondary N) is 1. The number of nitrogens with zero attached hydrogens (tertiary/aromatic N) is 4. The lowest BCUT2D eigenvalue weighted by molar-refractivity contribution is -0.129. The van der Waals surface area contributed by atoms with Gasteiger partial charge in [-0.25, -0.2) is 0 Å². The Kier molecular flexibility index (Phi) is 3.92. The summed E-state index contributed by atoms with van der Waals surface area (Å²) in [4.78, 5) is 26.0. The molecule has 1 N–H and O–H groups in total. The molecule has 2 amide bonds. The van der Waals surface area contributed by atoms with Gasteiger partial charge in [-0.15, -0.1) is 10.2 Å². The average molecular weight is 327 g/mol. The van der Waals surface area contributed by atoms with Crippen LogP contribution in [0, 0.1) is 5.92 Å². The number of likely N-dealkylation sites (tertiary alicyclic amines) is 1. The van der Waals surface area contributed by atoms with Gasteiger partial charge in [-0.2, -0.15) is 0 Å². The summed E-state index contributed by atoms with van der Waals surface area (Å²) in [5.74, 6) is 0.841. The summed E-state index contributed by atoms with van der Waals surface area (Å²) in [5, 5.41) is 11.3. The molecule has 2 aromatic heterocycles. The van der Waals surface area contributed by atoms with Crippen molar-refractivity contribution in [3.05, 3.63) is 30.2 Å². The lowest BCUT2D eigenvalue weighted by Gasteiger charge is -2.15. The van der Waals surface area contributed by atoms with Crippen molar-refractivity contribution >= 4 is 17.5 Å². The number of aromatic nitrogens is 3. The Morgan fingerprint density at radius 1 is 1.29 bits per heavy atom. The number of pyridine rings is 1. The van der Waals surface area contributed by atoms with Crippen molar-refractivity contribution in [3.63, 3.8) is 0 Å². The molecule has 0 bridgehead atoms. The van der Waals surface area contributed by atoms with E-state index in [4.69, 9.17) is 0 Å². The molecule has 0 radical (unpaired) electrons. The first kappa shape index (κ1) is 15.1. The van der Waals surface area contributed by atoms with Crippen LogP contribution in [0.1, 0.15) is 31.5 Å². The maximum atomic E-state index is 12.2. The number of carbonyl (C=O) groups excluding carboxylic acids is 2. The minimum atomic E-state index is -0.188. The SMILES string of the molecule is O=C(NCCCc1nnc2ccccn12)[C@@H]1CC(=O)N(C2CC2)C1. The average Bonchev–Trinajstić information content (AvgIpc) is 3.24. The third kappa shape index (κ3) is 2.98. The Balaban J connectivity index is 1.24. The van der Waals surface area contributed by atoms with Gasteiger partial charge in [0.2, 0.25) is 11.8 Å². The molecule has 24 heavy (non-hydrogen) atoms. The first-order valence-corrected chi connectivity index (χ1v) is 8.58. The summed E-state index contributed by atoms with van der Waals surface area (Å²) in [6.45, 7) is 1.18. The highest BCUT2D eigenvalue weighted by atomic mass is 16.2. The maximum Gasteiger partial charge on any atom is 0.225 e. The van der Waals surface area contributed by atoms with Crippen LogP contribution in [0.3, 0.4) is 0 Å². The molecule has 126 valence electrons. The Hall–Kier alpha value is -2.44. The molecule has 2 aliphatic rings. The van der Waals surface area contributed by atoms with E-state index in [9.17, 15) is 9.59 Å². The van der Waals surface area contributed by atoms with Crippen LogP contribution in [-0.4, -0.2) is 50.4 Å². The van der Waals surface area contributed by atoms with E-state index in [-0.39, 0.29) is 17.7 Å². The fourth-order valence-corrected chi connectivity index (χ4v) is 3.31. The van der Waals surface area contributed by atoms with Gasteiger partial charge in [0.15, 0.2) is 5.65 Å². The molecule has 2 fully saturated rings. The molecule has 1 saturated heterocycles. The summed E-state index contributed by atoms with van der Waals surface area (Å²) >= 11 is 0. The molecule has 1 saturated carbocycles. The Labute approximate surface area is 140 Å². The smallest absolute Gasteiger partial charge is 0.225 e. The highest BCUT2D eigenvalue weighted by Gasteiger charge is 2.41. The molecule has 7 nitrogen and oxygen atoms in total. The number of aryl methyl sites for hydroxylation is 1. The van der Waals surface area contributed by atoms with E-state index in [1.54, 1.807) is 0 Å². The third-order valence-corrected chi connectivity index (χ3v) is 4.78. The molecule has 0 aromatic carbocycles. The van der Waals surface area contributed by atoms with Gasteiger partial charge >= 0.3 is 0 Å². The minimum absolute atomic E-state index is 0.00222. The van der Waals surface area contributed by atoms with E-state index >= 15 is 0 Å². The molecule has 4 rings (SSSR count). The van der Waals surface area contributed by atoms with Gasteiger partial charge in [0.05, 0.1) is 5.92 Å². The van der Waals surface area contributed by atoms with Crippen LogP contribution in [0.2, 0.25) is 0 Å². The molecule has 2 aromatic rings. The van der Waals surface area contributed by atoms with Crippen molar-refractivity contribution in [1.29, 1.82) is 0 Å². The predicted octanol–water partition coefficient (Wildman–Crippen LogP) is 0.789. The van der Waals surface area contributed by atoms with Crippen molar-refractivity contribution in [2.45, 2.75) is 38.1 Å². The molecule has 1 aliphatic carbocycles. The molecular formula is C17H21N5O2. The molecular weight excluding hydrogens is 306 g/mol. The van der Waals surface area contributed by atoms with E-state index in [0.717, 1.165) is 37.2 Å². The van der Waals surface area contributed by atoms with Gasteiger partial charge in [-0.1, -0.05) is 6.07 Å². The van der Waals surface area contributed by atoms with Gasteiger partial charge in [0, 0.05) is 38.2 Å². The number of amides is 2. The fourth-order valence-electron chi connectivity index (χ4n) is 3.31. The molecule has 0 spiro atoms. The quantitative estimate of drug-likeness (QED) is 0.796. The summed E-state index contributed by atoms with van der Waals surface area (Å²) in [7, 11) is 0. The van der Waals surface area contributed by atoms with Crippen LogP contribution in [0.25, 0.3) is 5.65 Å². The highest BCUT2D eigenvalue weighted by molar-refractivity contribution is 5.89. The first-order chi connectivity index (χ1) is 11.7. The largest absolute Gasteiger partial charge is 0.356 e. The van der Waals surface area contributed by atoms with Crippen molar-refractivity contribution in [2.24, 2.45) is 5.92 Å². The van der Waals surface area contributed by atoms with Gasteiger partial charge in [0.25, 0.3) is 0 Å². The number of fused-ring (bicyclic) bond motifs is 1. The lowest BCUT2D eigenvalue weighted by atomic mass is 10.1. The minimum Gasteiger partial charge on any atom is -0.356 e. The fraction of sp³-hybridized carbons (Fsp3) is 0.529. The summed E-state index contributed by atoms with van der Waals surface area (Å²) in [5.41, 5.74) is 0.834. The van der Waals surface area contributed by atoms with Gasteiger partial charge in [0.1, 0.15) is 5.82 Å². The number of rotatable bonds is 6. The zero-order valence-corrected chi connectivity index (χ0v) is 13.5. The second-order valence-electron chi connectivity index (χ2n) is 6.62. The van der Waals surface area contributed by atoms with E-state index in [1.165, 1.54) is 0 Å². The van der Waals surface area contributed by atoms with Crippen LogP contribution in [0.5, 0.6) is 0 Å². The summed E-state index contributed by atoms with van der Waals surface area (Å²) in [6.07, 6.45) is 6.04. The topological polar surface area (TPSA) is 79.6 Å². The predicted molar refractivity (Wildman–Crippen MR) is 87.2 cm³/mol. The summed E-state index contributed by atoms with van der Waals surface area (Å²) in [6, 6.07) is 6.20. The standard InChI is InChI=1S/C17H21N5O2/c23-16-10-12(11-22(16)13-6-7-13)17(24)18-8-3-5-15-20-19-14-4-1-2-9-21(14)15/h1-2,4,9,12-13H,3,5-8,10-11H2,(H,18,24)/t12-/m1/s1. The van der Waals surface area contributed by atoms with E-state index < -0.39 is 0 Å². The van der Waals surface area contributed by atoms with E-state index in [1.807, 2.05) is 33.7 Å². The van der Waals surface area contributed by atoms with Crippen molar-refractivity contribution < 1.29 is 9.59 Å². The maximum absolute atomic E-state index is 12.2. The number of hydrogen-bond acceptors (Lipinski definition) is 4. The van der Waals surface area contributed by atoms with Crippen molar-refractivity contribution in [3.8, 4) is 0 Å². The monoisotopic (exact) mass is 327 g/mol. The molecule has 0 unspecified atom stereocenters. The molecule has 1 atom stereocenters. The van der Waals surface area contributed by atoms with E-state index in [0.29, 0.717) is 25.6 Å². The highest BCUT2D eigenvalue weighted by Crippen LogP contribution is 2.32. The zero-order chi connectivity index (χ0) is 16.5.